The molecule has 0 saturated heterocycles. The number of rotatable bonds is 6. The Morgan fingerprint density at radius 1 is 1.17 bits per heavy atom. The lowest BCUT2D eigenvalue weighted by Gasteiger charge is -2.34. The molecule has 3 heterocycles. The number of amides is 1. The molecule has 194 valence electrons. The van der Waals surface area contributed by atoms with Crippen LogP contribution in [0, 0.1) is 18.8 Å². The second kappa shape index (κ2) is 9.71. The van der Waals surface area contributed by atoms with E-state index in [4.69, 9.17) is 14.9 Å². The molecule has 0 bridgehead atoms. The second-order valence-electron chi connectivity index (χ2n) is 10.6. The van der Waals surface area contributed by atoms with E-state index < -0.39 is 5.97 Å². The number of nitrogens with zero attached hydrogens (tertiary/aromatic N) is 4. The van der Waals surface area contributed by atoms with Crippen LogP contribution in [0.3, 0.4) is 0 Å². The number of hydrogen-bond acceptors (Lipinski definition) is 7. The van der Waals surface area contributed by atoms with Gasteiger partial charge in [-0.25, -0.2) is 9.67 Å². The van der Waals surface area contributed by atoms with Crippen molar-refractivity contribution in [1.82, 2.24) is 20.1 Å². The van der Waals surface area contributed by atoms with Crippen molar-refractivity contribution in [3.05, 3.63) is 17.5 Å². The zero-order chi connectivity index (χ0) is 25.4. The van der Waals surface area contributed by atoms with Gasteiger partial charge < -0.3 is 20.6 Å². The Hall–Kier alpha value is -3.17. The minimum atomic E-state index is -0.700. The van der Waals surface area contributed by atoms with Gasteiger partial charge in [-0.2, -0.15) is 5.10 Å². The van der Waals surface area contributed by atoms with Gasteiger partial charge in [0.15, 0.2) is 5.65 Å². The molecule has 2 aromatic rings. The second-order valence-corrected chi connectivity index (χ2v) is 10.6. The van der Waals surface area contributed by atoms with Crippen LogP contribution < -0.4 is 10.6 Å². The van der Waals surface area contributed by atoms with Crippen LogP contribution >= 0.6 is 0 Å². The largest absolute Gasteiger partial charge is 0.481 e. The number of hydrogen-bond donors (Lipinski definition) is 3. The van der Waals surface area contributed by atoms with Gasteiger partial charge in [0.1, 0.15) is 5.60 Å². The fourth-order valence-electron chi connectivity index (χ4n) is 6.14. The number of aryl methyl sites for hydroxylation is 2. The van der Waals surface area contributed by atoms with E-state index in [0.29, 0.717) is 19.3 Å². The van der Waals surface area contributed by atoms with Crippen molar-refractivity contribution in [3.63, 3.8) is 0 Å². The lowest BCUT2D eigenvalue weighted by atomic mass is 9.75. The van der Waals surface area contributed by atoms with Crippen LogP contribution in [0.25, 0.3) is 11.0 Å². The van der Waals surface area contributed by atoms with Gasteiger partial charge in [-0.3, -0.25) is 9.59 Å². The maximum Gasteiger partial charge on any atom is 0.306 e. The van der Waals surface area contributed by atoms with Crippen LogP contribution in [0.15, 0.2) is 11.4 Å². The molecule has 0 unspecified atom stereocenters. The van der Waals surface area contributed by atoms with E-state index in [1.54, 1.807) is 7.05 Å². The summed E-state index contributed by atoms with van der Waals surface area (Å²) in [4.78, 5) is 34.4. The Bertz CT molecular complexity index is 1190. The van der Waals surface area contributed by atoms with Crippen molar-refractivity contribution < 1.29 is 19.5 Å². The van der Waals surface area contributed by atoms with Crippen molar-refractivity contribution >= 4 is 34.3 Å². The number of carbonyl (C=O) groups excluding carboxylic acids is 1. The van der Waals surface area contributed by atoms with E-state index in [9.17, 15) is 14.7 Å². The molecule has 0 radical (unpaired) electrons. The van der Waals surface area contributed by atoms with Crippen molar-refractivity contribution in [1.29, 1.82) is 0 Å². The van der Waals surface area contributed by atoms with Gasteiger partial charge in [0.25, 0.3) is 0 Å². The maximum atomic E-state index is 12.1. The zero-order valence-corrected chi connectivity index (χ0v) is 21.3. The summed E-state index contributed by atoms with van der Waals surface area (Å²) in [5, 5.41) is 26.2. The first-order valence-corrected chi connectivity index (χ1v) is 13.2. The molecule has 5 rings (SSSR count). The Morgan fingerprint density at radius 3 is 2.53 bits per heavy atom. The topological polar surface area (TPSA) is 131 Å². The van der Waals surface area contributed by atoms with E-state index in [1.807, 2.05) is 17.8 Å². The van der Waals surface area contributed by atoms with Gasteiger partial charge in [-0.15, -0.1) is 0 Å². The molecule has 1 amide bonds. The molecule has 0 aromatic carbocycles. The number of aliphatic carboxylic acids is 1. The summed E-state index contributed by atoms with van der Waals surface area (Å²) in [5.74, 6) is -0.825. The molecule has 2 saturated carbocycles. The molecule has 1 aliphatic heterocycles. The molecule has 10 heteroatoms. The molecule has 2 fully saturated rings. The number of carbonyl (C=O) groups is 2. The number of aromatic nitrogens is 3. The molecular formula is C26H36N6O4. The highest BCUT2D eigenvalue weighted by Gasteiger charge is 2.44. The van der Waals surface area contributed by atoms with Crippen LogP contribution in [-0.2, 0) is 21.0 Å². The predicted molar refractivity (Wildman–Crippen MR) is 136 cm³/mol. The SMILES string of the molecule is CCn1nc(C)c2c(NC3CCC(C(=O)O)CC3)c(C3=NOC4(CCC(C(=O)NC)CC4)C3)cnc21. The molecule has 3 N–H and O–H groups in total. The summed E-state index contributed by atoms with van der Waals surface area (Å²) in [6, 6.07) is 0.175. The van der Waals surface area contributed by atoms with Crippen molar-refractivity contribution in [2.75, 3.05) is 12.4 Å². The number of fused-ring (bicyclic) bond motifs is 1. The van der Waals surface area contributed by atoms with Crippen molar-refractivity contribution in [3.8, 4) is 0 Å². The molecule has 3 aliphatic rings. The van der Waals surface area contributed by atoms with E-state index >= 15 is 0 Å². The molecule has 1 spiro atoms. The average Bonchev–Trinajstić information content (AvgIpc) is 3.45. The Labute approximate surface area is 210 Å². The quantitative estimate of drug-likeness (QED) is 0.557. The van der Waals surface area contributed by atoms with Crippen LogP contribution in [0.2, 0.25) is 0 Å². The first-order chi connectivity index (χ1) is 17.3. The molecule has 10 nitrogen and oxygen atoms in total. The van der Waals surface area contributed by atoms with E-state index in [2.05, 4.69) is 22.7 Å². The Morgan fingerprint density at radius 2 is 1.89 bits per heavy atom. The number of oxime groups is 1. The van der Waals surface area contributed by atoms with Crippen LogP contribution in [0.5, 0.6) is 0 Å². The Balaban J connectivity index is 1.42. The van der Waals surface area contributed by atoms with Gasteiger partial charge in [0.05, 0.1) is 28.4 Å². The zero-order valence-electron chi connectivity index (χ0n) is 21.3. The molecule has 2 aliphatic carbocycles. The van der Waals surface area contributed by atoms with E-state index in [0.717, 1.165) is 78.8 Å². The summed E-state index contributed by atoms with van der Waals surface area (Å²) in [7, 11) is 1.69. The third-order valence-corrected chi connectivity index (χ3v) is 8.32. The van der Waals surface area contributed by atoms with E-state index in [-0.39, 0.29) is 29.4 Å². The van der Waals surface area contributed by atoms with Crippen molar-refractivity contribution in [2.24, 2.45) is 17.0 Å². The fraction of sp³-hybridized carbons (Fsp3) is 0.654. The number of carboxylic acids is 1. The number of carboxylic acid groups (broad SMARTS) is 1. The maximum absolute atomic E-state index is 12.1. The standard InChI is InChI=1S/C26H36N6O4/c1-4-32-23-21(15(2)30-32)22(29-18-7-5-17(6-8-18)25(34)35)19(14-28-23)20-13-26(36-31-20)11-9-16(10-12-26)24(33)27-3/h14,16-18H,4-13H2,1-3H3,(H,27,33)(H,28,29)(H,34,35). The van der Waals surface area contributed by atoms with Gasteiger partial charge in [0, 0.05) is 43.7 Å². The molecule has 36 heavy (non-hydrogen) atoms. The minimum absolute atomic E-state index is 0.0342. The average molecular weight is 497 g/mol. The molecular weight excluding hydrogens is 460 g/mol. The minimum Gasteiger partial charge on any atom is -0.481 e. The van der Waals surface area contributed by atoms with E-state index in [1.165, 1.54) is 0 Å². The van der Waals surface area contributed by atoms with Gasteiger partial charge >= 0.3 is 5.97 Å². The van der Waals surface area contributed by atoms with Gasteiger partial charge in [-0.1, -0.05) is 5.16 Å². The fourth-order valence-corrected chi connectivity index (χ4v) is 6.14. The lowest BCUT2D eigenvalue weighted by molar-refractivity contribution is -0.142. The molecule has 0 atom stereocenters. The third kappa shape index (κ3) is 4.41. The monoisotopic (exact) mass is 496 g/mol. The number of nitrogens with one attached hydrogen (secondary N) is 2. The normalized spacial score (nSPS) is 28.1. The first kappa shape index (κ1) is 24.5. The number of pyridine rings is 1. The Kier molecular flexibility index (Phi) is 6.61. The summed E-state index contributed by atoms with van der Waals surface area (Å²) in [6.45, 7) is 4.77. The number of anilines is 1. The summed E-state index contributed by atoms with van der Waals surface area (Å²) in [5.41, 5.74) is 4.13. The summed E-state index contributed by atoms with van der Waals surface area (Å²) < 4.78 is 1.91. The summed E-state index contributed by atoms with van der Waals surface area (Å²) >= 11 is 0. The molecule has 2 aromatic heterocycles. The van der Waals surface area contributed by atoms with Crippen LogP contribution in [0.4, 0.5) is 5.69 Å². The predicted octanol–water partition coefficient (Wildman–Crippen LogP) is 3.61. The highest BCUT2D eigenvalue weighted by atomic mass is 16.7. The smallest absolute Gasteiger partial charge is 0.306 e. The van der Waals surface area contributed by atoms with Gasteiger partial charge in [0.2, 0.25) is 5.91 Å². The highest BCUT2D eigenvalue weighted by molar-refractivity contribution is 6.11. The lowest BCUT2D eigenvalue weighted by Crippen LogP contribution is -2.39. The van der Waals surface area contributed by atoms with Crippen LogP contribution in [0.1, 0.15) is 76.0 Å². The van der Waals surface area contributed by atoms with Gasteiger partial charge in [-0.05, 0) is 65.2 Å². The summed E-state index contributed by atoms with van der Waals surface area (Å²) in [6.07, 6.45) is 8.67. The van der Waals surface area contributed by atoms with Crippen molar-refractivity contribution in [2.45, 2.75) is 89.8 Å². The third-order valence-electron chi connectivity index (χ3n) is 8.32. The highest BCUT2D eigenvalue weighted by Crippen LogP contribution is 2.43. The first-order valence-electron chi connectivity index (χ1n) is 13.2. The van der Waals surface area contributed by atoms with Crippen LogP contribution in [-0.4, -0.2) is 56.1 Å².